The third-order valence-corrected chi connectivity index (χ3v) is 3.82. The zero-order valence-electron chi connectivity index (χ0n) is 10.4. The lowest BCUT2D eigenvalue weighted by Gasteiger charge is -2.04. The van der Waals surface area contributed by atoms with Crippen LogP contribution in [0.2, 0.25) is 0 Å². The Morgan fingerprint density at radius 1 is 1.32 bits per heavy atom. The molecule has 0 radical (unpaired) electrons. The zero-order valence-corrected chi connectivity index (χ0v) is 11.2. The van der Waals surface area contributed by atoms with Crippen LogP contribution in [0.4, 0.5) is 0 Å². The van der Waals surface area contributed by atoms with E-state index < -0.39 is 15.8 Å². The lowest BCUT2D eigenvalue weighted by atomic mass is 10.1. The molecule has 0 aliphatic rings. The lowest BCUT2D eigenvalue weighted by Crippen LogP contribution is -2.04. The maximum Gasteiger partial charge on any atom is 0.354 e. The molecule has 7 heteroatoms. The molecule has 1 aromatic carbocycles. The van der Waals surface area contributed by atoms with Crippen LogP contribution in [0.1, 0.15) is 10.5 Å². The van der Waals surface area contributed by atoms with Gasteiger partial charge in [-0.15, -0.1) is 0 Å². The third kappa shape index (κ3) is 2.50. The first-order valence-corrected chi connectivity index (χ1v) is 7.26. The van der Waals surface area contributed by atoms with E-state index in [1.54, 1.807) is 18.2 Å². The summed E-state index contributed by atoms with van der Waals surface area (Å²) in [5.41, 5.74) is 0.715. The number of carboxylic acids is 1. The first-order chi connectivity index (χ1) is 8.80. The molecule has 100 valence electrons. The number of aryl methyl sites for hydroxylation is 1. The van der Waals surface area contributed by atoms with Crippen LogP contribution in [0.5, 0.6) is 0 Å². The van der Waals surface area contributed by atoms with Crippen LogP contribution in [-0.4, -0.2) is 35.5 Å². The molecule has 0 aliphatic carbocycles. The van der Waals surface area contributed by atoms with Crippen LogP contribution in [-0.2, 0) is 16.9 Å². The van der Waals surface area contributed by atoms with Crippen LogP contribution in [0.3, 0.4) is 0 Å². The summed E-state index contributed by atoms with van der Waals surface area (Å²) >= 11 is 0. The number of hydrogen-bond donors (Lipinski definition) is 1. The predicted octanol–water partition coefficient (Wildman–Crippen LogP) is 1.19. The van der Waals surface area contributed by atoms with Crippen molar-refractivity contribution in [2.24, 2.45) is 7.05 Å². The number of sulfone groups is 1. The van der Waals surface area contributed by atoms with Crippen molar-refractivity contribution >= 4 is 15.8 Å². The maximum absolute atomic E-state index is 11.7. The number of nitrogens with zero attached hydrogens (tertiary/aromatic N) is 2. The predicted molar refractivity (Wildman–Crippen MR) is 68.7 cm³/mol. The van der Waals surface area contributed by atoms with Gasteiger partial charge in [0.2, 0.25) is 0 Å². The summed E-state index contributed by atoms with van der Waals surface area (Å²) in [5.74, 6) is -1.11. The first-order valence-electron chi connectivity index (χ1n) is 5.37. The summed E-state index contributed by atoms with van der Waals surface area (Å²) in [5, 5.41) is 13.0. The largest absolute Gasteiger partial charge is 0.477 e. The molecule has 0 amide bonds. The number of benzene rings is 1. The minimum Gasteiger partial charge on any atom is -0.477 e. The normalized spacial score (nSPS) is 11.5. The highest BCUT2D eigenvalue weighted by Crippen LogP contribution is 2.26. The number of carbonyl (C=O) groups is 1. The third-order valence-electron chi connectivity index (χ3n) is 2.66. The van der Waals surface area contributed by atoms with Crippen molar-refractivity contribution in [3.05, 3.63) is 36.0 Å². The van der Waals surface area contributed by atoms with E-state index in [-0.39, 0.29) is 10.6 Å². The van der Waals surface area contributed by atoms with Crippen molar-refractivity contribution in [3.8, 4) is 11.3 Å². The maximum atomic E-state index is 11.7. The molecule has 0 saturated carbocycles. The summed E-state index contributed by atoms with van der Waals surface area (Å²) in [6, 6.07) is 7.72. The SMILES string of the molecule is Cn1nc(-c2ccccc2S(C)(=O)=O)cc1C(=O)O. The van der Waals surface area contributed by atoms with Crippen molar-refractivity contribution < 1.29 is 18.3 Å². The van der Waals surface area contributed by atoms with Crippen molar-refractivity contribution in [3.63, 3.8) is 0 Å². The molecule has 2 aromatic rings. The average molecular weight is 280 g/mol. The summed E-state index contributed by atoms with van der Waals surface area (Å²) in [6.07, 6.45) is 1.10. The highest BCUT2D eigenvalue weighted by molar-refractivity contribution is 7.90. The van der Waals surface area contributed by atoms with Gasteiger partial charge in [0.25, 0.3) is 0 Å². The van der Waals surface area contributed by atoms with Crippen LogP contribution in [0.25, 0.3) is 11.3 Å². The Balaban J connectivity index is 2.67. The second-order valence-electron chi connectivity index (χ2n) is 4.11. The number of aromatic nitrogens is 2. The minimum absolute atomic E-state index is 0.00157. The van der Waals surface area contributed by atoms with Gasteiger partial charge in [0, 0.05) is 18.9 Å². The van der Waals surface area contributed by atoms with Crippen molar-refractivity contribution in [1.29, 1.82) is 0 Å². The van der Waals surface area contributed by atoms with Gasteiger partial charge in [-0.25, -0.2) is 13.2 Å². The molecular formula is C12H12N2O4S. The Bertz CT molecular complexity index is 747. The van der Waals surface area contributed by atoms with Gasteiger partial charge in [0.05, 0.1) is 10.6 Å². The van der Waals surface area contributed by atoms with Crippen LogP contribution in [0.15, 0.2) is 35.2 Å². The number of carboxylic acid groups (broad SMARTS) is 1. The fourth-order valence-corrected chi connectivity index (χ4v) is 2.70. The molecule has 0 bridgehead atoms. The molecule has 1 heterocycles. The monoisotopic (exact) mass is 280 g/mol. The number of rotatable bonds is 3. The van der Waals surface area contributed by atoms with Crippen LogP contribution >= 0.6 is 0 Å². The molecule has 19 heavy (non-hydrogen) atoms. The molecule has 0 atom stereocenters. The van der Waals surface area contributed by atoms with Gasteiger partial charge in [-0.05, 0) is 12.1 Å². The molecule has 0 aliphatic heterocycles. The molecule has 1 aromatic heterocycles. The smallest absolute Gasteiger partial charge is 0.354 e. The summed E-state index contributed by atoms with van der Waals surface area (Å²) < 4.78 is 24.6. The second kappa shape index (κ2) is 4.51. The van der Waals surface area contributed by atoms with E-state index in [0.29, 0.717) is 11.3 Å². The summed E-state index contributed by atoms with van der Waals surface area (Å²) in [7, 11) is -1.91. The molecular weight excluding hydrogens is 268 g/mol. The fraction of sp³-hybridized carbons (Fsp3) is 0.167. The molecule has 0 unspecified atom stereocenters. The second-order valence-corrected chi connectivity index (χ2v) is 6.10. The standard InChI is InChI=1S/C12H12N2O4S/c1-14-10(12(15)16)7-9(13-14)8-5-3-4-6-11(8)19(2,17)18/h3-7H,1-2H3,(H,15,16). The van der Waals surface area contributed by atoms with Crippen molar-refractivity contribution in [2.45, 2.75) is 4.90 Å². The van der Waals surface area contributed by atoms with E-state index in [0.717, 1.165) is 6.26 Å². The van der Waals surface area contributed by atoms with E-state index in [1.807, 2.05) is 0 Å². The van der Waals surface area contributed by atoms with Gasteiger partial charge in [-0.2, -0.15) is 5.10 Å². The Kier molecular flexibility index (Phi) is 3.15. The molecule has 1 N–H and O–H groups in total. The Hall–Kier alpha value is -2.15. The van der Waals surface area contributed by atoms with Gasteiger partial charge in [-0.3, -0.25) is 4.68 Å². The lowest BCUT2D eigenvalue weighted by molar-refractivity contribution is 0.0685. The fourth-order valence-electron chi connectivity index (χ4n) is 1.80. The molecule has 0 fully saturated rings. The van der Waals surface area contributed by atoms with Crippen molar-refractivity contribution in [1.82, 2.24) is 9.78 Å². The quantitative estimate of drug-likeness (QED) is 0.912. The molecule has 0 saturated heterocycles. The highest BCUT2D eigenvalue weighted by Gasteiger charge is 2.18. The molecule has 2 rings (SSSR count). The highest BCUT2D eigenvalue weighted by atomic mass is 32.2. The summed E-state index contributed by atoms with van der Waals surface area (Å²) in [4.78, 5) is 11.1. The zero-order chi connectivity index (χ0) is 14.2. The van der Waals surface area contributed by atoms with E-state index in [2.05, 4.69) is 5.10 Å². The average Bonchev–Trinajstić information content (AvgIpc) is 2.70. The van der Waals surface area contributed by atoms with Crippen LogP contribution in [0, 0.1) is 0 Å². The minimum atomic E-state index is -3.40. The Labute approximate surface area is 110 Å². The van der Waals surface area contributed by atoms with E-state index in [4.69, 9.17) is 5.11 Å². The van der Waals surface area contributed by atoms with Gasteiger partial charge in [0.15, 0.2) is 9.84 Å². The summed E-state index contributed by atoms with van der Waals surface area (Å²) in [6.45, 7) is 0. The Morgan fingerprint density at radius 3 is 2.47 bits per heavy atom. The van der Waals surface area contributed by atoms with E-state index >= 15 is 0 Å². The topological polar surface area (TPSA) is 89.3 Å². The van der Waals surface area contributed by atoms with Gasteiger partial charge < -0.3 is 5.11 Å². The van der Waals surface area contributed by atoms with E-state index in [1.165, 1.54) is 23.9 Å². The van der Waals surface area contributed by atoms with Gasteiger partial charge >= 0.3 is 5.97 Å². The van der Waals surface area contributed by atoms with Crippen LogP contribution < -0.4 is 0 Å². The van der Waals surface area contributed by atoms with Gasteiger partial charge in [-0.1, -0.05) is 18.2 Å². The first kappa shape index (κ1) is 13.3. The molecule has 6 nitrogen and oxygen atoms in total. The number of aromatic carboxylic acids is 1. The molecule has 0 spiro atoms. The van der Waals surface area contributed by atoms with Gasteiger partial charge in [0.1, 0.15) is 5.69 Å². The van der Waals surface area contributed by atoms with E-state index in [9.17, 15) is 13.2 Å². The van der Waals surface area contributed by atoms with Crippen molar-refractivity contribution in [2.75, 3.05) is 6.26 Å². The Morgan fingerprint density at radius 2 is 1.95 bits per heavy atom. The number of hydrogen-bond acceptors (Lipinski definition) is 4.